The second-order valence-electron chi connectivity index (χ2n) is 11.2. The van der Waals surface area contributed by atoms with Crippen LogP contribution in [0.4, 0.5) is 0 Å². The van der Waals surface area contributed by atoms with Crippen LogP contribution in [0.15, 0.2) is 79.1 Å². The predicted octanol–water partition coefficient (Wildman–Crippen LogP) is 5.91. The SMILES string of the molecule is Cc1cnc(CN(Cc2ccc(CNC(=O)CCc3ccccc3)cc2CO)[C@H]2CCCc3cccnc32)c(C)c1. The van der Waals surface area contributed by atoms with Crippen molar-refractivity contribution in [3.05, 3.63) is 129 Å². The van der Waals surface area contributed by atoms with Crippen LogP contribution in [0, 0.1) is 13.8 Å². The Morgan fingerprint density at radius 1 is 0.976 bits per heavy atom. The third-order valence-electron chi connectivity index (χ3n) is 8.07. The largest absolute Gasteiger partial charge is 0.392 e. The first-order valence-electron chi connectivity index (χ1n) is 14.6. The summed E-state index contributed by atoms with van der Waals surface area (Å²) in [5.74, 6) is 0.0269. The lowest BCUT2D eigenvalue weighted by atomic mass is 9.90. The molecule has 0 spiro atoms. The number of benzene rings is 2. The van der Waals surface area contributed by atoms with E-state index in [0.29, 0.717) is 26.1 Å². The summed E-state index contributed by atoms with van der Waals surface area (Å²) >= 11 is 0. The first-order valence-corrected chi connectivity index (χ1v) is 14.6. The van der Waals surface area contributed by atoms with E-state index in [1.807, 2.05) is 54.9 Å². The predicted molar refractivity (Wildman–Crippen MR) is 162 cm³/mol. The molecular weight excluding hydrogens is 508 g/mol. The minimum Gasteiger partial charge on any atom is -0.392 e. The maximum Gasteiger partial charge on any atom is 0.220 e. The fraction of sp³-hybridized carbons (Fsp3) is 0.343. The number of carbonyl (C=O) groups is 1. The number of pyridine rings is 2. The van der Waals surface area contributed by atoms with E-state index in [1.165, 1.54) is 11.1 Å². The van der Waals surface area contributed by atoms with E-state index in [0.717, 1.165) is 64.9 Å². The maximum absolute atomic E-state index is 12.5. The molecule has 1 atom stereocenters. The van der Waals surface area contributed by atoms with Crippen LogP contribution in [0.5, 0.6) is 0 Å². The number of nitrogens with zero attached hydrogens (tertiary/aromatic N) is 3. The van der Waals surface area contributed by atoms with Gasteiger partial charge in [-0.25, -0.2) is 0 Å². The van der Waals surface area contributed by atoms with E-state index < -0.39 is 0 Å². The van der Waals surface area contributed by atoms with Gasteiger partial charge in [-0.2, -0.15) is 0 Å². The molecule has 0 bridgehead atoms. The number of rotatable bonds is 11. The van der Waals surface area contributed by atoms with Crippen molar-refractivity contribution < 1.29 is 9.90 Å². The first-order chi connectivity index (χ1) is 20.0. The van der Waals surface area contributed by atoms with Gasteiger partial charge in [0.15, 0.2) is 0 Å². The number of carbonyl (C=O) groups excluding carboxylic acids is 1. The molecule has 2 N–H and O–H groups in total. The number of amides is 1. The standard InChI is InChI=1S/C35H40N4O2/c1-25-18-26(2)32(37-20-25)23-39(33-12-6-10-29-11-7-17-36-35(29)33)22-30-15-13-28(19-31(30)24-40)21-38-34(41)16-14-27-8-4-3-5-9-27/h3-5,7-9,11,13,15,17-20,33,40H,6,10,12,14,16,21-24H2,1-2H3,(H,38,41)/t33-/m0/s1. The van der Waals surface area contributed by atoms with Gasteiger partial charge >= 0.3 is 0 Å². The van der Waals surface area contributed by atoms with Crippen molar-refractivity contribution in [2.45, 2.75) is 78.2 Å². The molecule has 0 saturated carbocycles. The summed E-state index contributed by atoms with van der Waals surface area (Å²) in [5.41, 5.74) is 10.0. The summed E-state index contributed by atoms with van der Waals surface area (Å²) in [6.07, 6.45) is 8.23. The van der Waals surface area contributed by atoms with Gasteiger partial charge in [-0.3, -0.25) is 19.7 Å². The molecule has 6 nitrogen and oxygen atoms in total. The van der Waals surface area contributed by atoms with Crippen LogP contribution in [0.1, 0.15) is 75.6 Å². The zero-order valence-electron chi connectivity index (χ0n) is 24.1. The summed E-state index contributed by atoms with van der Waals surface area (Å²) in [6, 6.07) is 22.8. The fourth-order valence-electron chi connectivity index (χ4n) is 5.82. The molecule has 4 aromatic rings. The first kappa shape index (κ1) is 28.7. The Labute approximate surface area is 243 Å². The number of aliphatic hydroxyl groups is 1. The highest BCUT2D eigenvalue weighted by Gasteiger charge is 2.28. The summed E-state index contributed by atoms with van der Waals surface area (Å²) in [6.45, 7) is 5.97. The minimum absolute atomic E-state index is 0.0269. The number of nitrogens with one attached hydrogen (secondary N) is 1. The van der Waals surface area contributed by atoms with Gasteiger partial charge < -0.3 is 10.4 Å². The Morgan fingerprint density at radius 3 is 2.63 bits per heavy atom. The number of hydrogen-bond donors (Lipinski definition) is 2. The Bertz CT molecular complexity index is 1470. The van der Waals surface area contributed by atoms with Gasteiger partial charge in [0.05, 0.1) is 24.0 Å². The molecule has 212 valence electrons. The summed E-state index contributed by atoms with van der Waals surface area (Å²) < 4.78 is 0. The van der Waals surface area contributed by atoms with Crippen LogP contribution in [0.2, 0.25) is 0 Å². The summed E-state index contributed by atoms with van der Waals surface area (Å²) in [5, 5.41) is 13.4. The van der Waals surface area contributed by atoms with E-state index in [1.54, 1.807) is 0 Å². The Morgan fingerprint density at radius 2 is 1.83 bits per heavy atom. The van der Waals surface area contributed by atoms with Gasteiger partial charge in [0.2, 0.25) is 5.91 Å². The van der Waals surface area contributed by atoms with Crippen molar-refractivity contribution in [3.8, 4) is 0 Å². The van der Waals surface area contributed by atoms with E-state index in [9.17, 15) is 9.90 Å². The van der Waals surface area contributed by atoms with E-state index >= 15 is 0 Å². The molecule has 1 amide bonds. The number of fused-ring (bicyclic) bond motifs is 1. The number of aryl methyl sites for hydroxylation is 4. The highest BCUT2D eigenvalue weighted by Crippen LogP contribution is 2.35. The quantitative estimate of drug-likeness (QED) is 0.244. The highest BCUT2D eigenvalue weighted by atomic mass is 16.3. The minimum atomic E-state index is -0.0553. The lowest BCUT2D eigenvalue weighted by Gasteiger charge is -2.35. The zero-order chi connectivity index (χ0) is 28.6. The molecule has 6 heteroatoms. The molecule has 2 aromatic heterocycles. The summed E-state index contributed by atoms with van der Waals surface area (Å²) in [4.78, 5) is 24.6. The molecule has 0 saturated heterocycles. The third-order valence-corrected chi connectivity index (χ3v) is 8.07. The van der Waals surface area contributed by atoms with Gasteiger partial charge in [-0.05, 0) is 84.5 Å². The van der Waals surface area contributed by atoms with Crippen molar-refractivity contribution in [2.24, 2.45) is 0 Å². The van der Waals surface area contributed by atoms with Crippen LogP contribution in [-0.2, 0) is 43.9 Å². The average molecular weight is 549 g/mol. The smallest absolute Gasteiger partial charge is 0.220 e. The van der Waals surface area contributed by atoms with Gasteiger partial charge in [0.25, 0.3) is 0 Å². The van der Waals surface area contributed by atoms with Crippen LogP contribution >= 0.6 is 0 Å². The van der Waals surface area contributed by atoms with Crippen LogP contribution in [0.25, 0.3) is 0 Å². The van der Waals surface area contributed by atoms with Crippen LogP contribution in [-0.4, -0.2) is 25.9 Å². The Kier molecular flexibility index (Phi) is 9.55. The Balaban J connectivity index is 1.32. The molecular formula is C35H40N4O2. The van der Waals surface area contributed by atoms with Crippen molar-refractivity contribution in [1.29, 1.82) is 0 Å². The number of aliphatic hydroxyl groups excluding tert-OH is 1. The molecule has 1 aliphatic carbocycles. The zero-order valence-corrected chi connectivity index (χ0v) is 24.1. The van der Waals surface area contributed by atoms with Crippen molar-refractivity contribution >= 4 is 5.91 Å². The van der Waals surface area contributed by atoms with Crippen LogP contribution in [0.3, 0.4) is 0 Å². The molecule has 0 radical (unpaired) electrons. The van der Waals surface area contributed by atoms with Gasteiger partial charge in [0, 0.05) is 38.4 Å². The average Bonchev–Trinajstić information content (AvgIpc) is 3.00. The van der Waals surface area contributed by atoms with E-state index in [-0.39, 0.29) is 18.6 Å². The highest BCUT2D eigenvalue weighted by molar-refractivity contribution is 5.76. The van der Waals surface area contributed by atoms with E-state index in [2.05, 4.69) is 48.3 Å². The van der Waals surface area contributed by atoms with Crippen molar-refractivity contribution in [3.63, 3.8) is 0 Å². The molecule has 2 heterocycles. The molecule has 0 unspecified atom stereocenters. The second kappa shape index (κ2) is 13.7. The second-order valence-corrected chi connectivity index (χ2v) is 11.2. The monoisotopic (exact) mass is 548 g/mol. The number of aromatic nitrogens is 2. The van der Waals surface area contributed by atoms with Gasteiger partial charge in [-0.15, -0.1) is 0 Å². The molecule has 2 aromatic carbocycles. The molecule has 1 aliphatic rings. The summed E-state index contributed by atoms with van der Waals surface area (Å²) in [7, 11) is 0. The Hall–Kier alpha value is -3.87. The molecule has 0 aliphatic heterocycles. The number of hydrogen-bond acceptors (Lipinski definition) is 5. The third kappa shape index (κ3) is 7.46. The van der Waals surface area contributed by atoms with Gasteiger partial charge in [-0.1, -0.05) is 60.7 Å². The normalized spacial score (nSPS) is 14.6. The van der Waals surface area contributed by atoms with Crippen LogP contribution < -0.4 is 5.32 Å². The topological polar surface area (TPSA) is 78.4 Å². The van der Waals surface area contributed by atoms with Crippen molar-refractivity contribution in [2.75, 3.05) is 0 Å². The lowest BCUT2D eigenvalue weighted by Crippen LogP contribution is -2.32. The fourth-order valence-corrected chi connectivity index (χ4v) is 5.82. The molecule has 0 fully saturated rings. The lowest BCUT2D eigenvalue weighted by molar-refractivity contribution is -0.121. The van der Waals surface area contributed by atoms with E-state index in [4.69, 9.17) is 9.97 Å². The molecule has 5 rings (SSSR count). The molecule has 41 heavy (non-hydrogen) atoms. The maximum atomic E-state index is 12.5. The van der Waals surface area contributed by atoms with Gasteiger partial charge in [0.1, 0.15) is 0 Å². The van der Waals surface area contributed by atoms with Crippen molar-refractivity contribution in [1.82, 2.24) is 20.2 Å².